The second kappa shape index (κ2) is 5.88. The van der Waals surface area contributed by atoms with Crippen molar-refractivity contribution in [2.75, 3.05) is 12.9 Å². The highest BCUT2D eigenvalue weighted by molar-refractivity contribution is 7.89. The molecule has 0 atom stereocenters. The van der Waals surface area contributed by atoms with Crippen LogP contribution in [0.3, 0.4) is 0 Å². The number of rotatable bonds is 5. The van der Waals surface area contributed by atoms with Crippen LogP contribution in [0.2, 0.25) is 5.02 Å². The number of amides is 1. The molecule has 0 saturated heterocycles. The lowest BCUT2D eigenvalue weighted by atomic mass is 10.0. The Morgan fingerprint density at radius 3 is 2.29 bits per heavy atom. The molecule has 0 heterocycles. The molecule has 1 amide bonds. The van der Waals surface area contributed by atoms with Crippen molar-refractivity contribution >= 4 is 27.5 Å². The van der Waals surface area contributed by atoms with Crippen molar-refractivity contribution in [3.05, 3.63) is 28.5 Å². The fourth-order valence-corrected chi connectivity index (χ4v) is 3.62. The molecule has 0 unspecified atom stereocenters. The molecule has 1 aromatic carbocycles. The van der Waals surface area contributed by atoms with Gasteiger partial charge in [0.1, 0.15) is 11.6 Å². The van der Waals surface area contributed by atoms with E-state index in [4.69, 9.17) is 16.3 Å². The van der Waals surface area contributed by atoms with E-state index in [2.05, 4.69) is 27.7 Å². The van der Waals surface area contributed by atoms with Crippen LogP contribution in [0.4, 0.5) is 4.39 Å². The minimum Gasteiger partial charge on any atom is -0.492 e. The van der Waals surface area contributed by atoms with Gasteiger partial charge >= 0.3 is 0 Å². The highest BCUT2D eigenvalue weighted by Crippen LogP contribution is 2.68. The molecule has 5 nitrogen and oxygen atoms in total. The van der Waals surface area contributed by atoms with Gasteiger partial charge in [0.15, 0.2) is 0 Å². The number of sulfonamides is 1. The maximum absolute atomic E-state index is 14.1. The minimum absolute atomic E-state index is 0.0475. The monoisotopic (exact) mass is 377 g/mol. The van der Waals surface area contributed by atoms with Crippen LogP contribution in [0.5, 0.6) is 5.75 Å². The van der Waals surface area contributed by atoms with Gasteiger partial charge in [0.05, 0.1) is 23.4 Å². The zero-order valence-electron chi connectivity index (χ0n) is 14.2. The summed E-state index contributed by atoms with van der Waals surface area (Å²) in [5.74, 6) is -1.54. The second-order valence-electron chi connectivity index (χ2n) is 7.27. The molecule has 24 heavy (non-hydrogen) atoms. The van der Waals surface area contributed by atoms with Crippen molar-refractivity contribution in [3.8, 4) is 5.75 Å². The molecule has 0 radical (unpaired) electrons. The van der Waals surface area contributed by atoms with E-state index in [1.54, 1.807) is 4.72 Å². The third kappa shape index (κ3) is 3.52. The highest BCUT2D eigenvalue weighted by Gasteiger charge is 2.64. The van der Waals surface area contributed by atoms with E-state index < -0.39 is 27.3 Å². The summed E-state index contributed by atoms with van der Waals surface area (Å²) >= 11 is 6.04. The van der Waals surface area contributed by atoms with Crippen molar-refractivity contribution in [1.29, 1.82) is 0 Å². The summed E-state index contributed by atoms with van der Waals surface area (Å²) < 4.78 is 43.6. The summed E-state index contributed by atoms with van der Waals surface area (Å²) in [5.41, 5.74) is -0.217. The Bertz CT molecular complexity index is 776. The molecule has 1 saturated carbocycles. The van der Waals surface area contributed by atoms with Crippen LogP contribution in [0, 0.1) is 22.6 Å². The van der Waals surface area contributed by atoms with Gasteiger partial charge in [0, 0.05) is 12.0 Å². The molecule has 1 aliphatic carbocycles. The number of hydrogen-bond acceptors (Lipinski definition) is 4. The summed E-state index contributed by atoms with van der Waals surface area (Å²) in [4.78, 5) is 11.8. The molecule has 0 bridgehead atoms. The molecule has 2 rings (SSSR count). The first-order valence-corrected chi connectivity index (χ1v) is 9.68. The molecule has 0 aliphatic heterocycles. The average Bonchev–Trinajstić information content (AvgIpc) is 2.78. The number of nitrogens with one attached hydrogen (secondary N) is 1. The fourth-order valence-electron chi connectivity index (χ4n) is 2.96. The topological polar surface area (TPSA) is 72.5 Å². The number of benzene rings is 1. The lowest BCUT2D eigenvalue weighted by molar-refractivity contribution is 0.0977. The maximum atomic E-state index is 14.1. The summed E-state index contributed by atoms with van der Waals surface area (Å²) in [5, 5.41) is 0.0475. The third-order valence-electron chi connectivity index (χ3n) is 5.27. The number of carbonyl (C=O) groups excluding carboxylic acids is 1. The van der Waals surface area contributed by atoms with E-state index in [0.717, 1.165) is 18.4 Å². The zero-order chi connectivity index (χ0) is 18.5. The first-order chi connectivity index (χ1) is 10.8. The molecule has 8 heteroatoms. The molecule has 0 aromatic heterocycles. The Morgan fingerprint density at radius 2 is 1.83 bits per heavy atom. The van der Waals surface area contributed by atoms with Gasteiger partial charge in [-0.15, -0.1) is 0 Å². The molecule has 1 N–H and O–H groups in total. The van der Waals surface area contributed by atoms with Gasteiger partial charge in [-0.25, -0.2) is 17.5 Å². The van der Waals surface area contributed by atoms with Crippen LogP contribution < -0.4 is 9.46 Å². The Labute approximate surface area is 146 Å². The number of halogens is 2. The molecule has 134 valence electrons. The van der Waals surface area contributed by atoms with Gasteiger partial charge in [0.2, 0.25) is 10.0 Å². The predicted molar refractivity (Wildman–Crippen MR) is 90.3 cm³/mol. The van der Waals surface area contributed by atoms with E-state index >= 15 is 0 Å². The van der Waals surface area contributed by atoms with Crippen LogP contribution in [-0.2, 0) is 10.0 Å². The minimum atomic E-state index is -3.79. The summed E-state index contributed by atoms with van der Waals surface area (Å²) in [6, 6.07) is 2.07. The van der Waals surface area contributed by atoms with Crippen LogP contribution in [0.25, 0.3) is 0 Å². The molecular formula is C16H21ClFNO4S. The highest BCUT2D eigenvalue weighted by atomic mass is 35.5. The van der Waals surface area contributed by atoms with Gasteiger partial charge in [-0.05, 0) is 16.9 Å². The van der Waals surface area contributed by atoms with Crippen molar-refractivity contribution in [3.63, 3.8) is 0 Å². The standard InChI is InChI=1S/C16H21ClFNO4S/c1-15(2)13(16(15,3)4)8-23-12-7-11(18)9(6-10(12)17)14(20)19-24(5,21)22/h6-7,13H,8H2,1-5H3,(H,19,20). The Balaban J connectivity index is 2.15. The molecule has 1 fully saturated rings. The molecule has 1 aliphatic rings. The zero-order valence-corrected chi connectivity index (χ0v) is 15.8. The first kappa shape index (κ1) is 19.0. The summed E-state index contributed by atoms with van der Waals surface area (Å²) in [6.07, 6.45) is 0.807. The third-order valence-corrected chi connectivity index (χ3v) is 6.12. The van der Waals surface area contributed by atoms with Crippen molar-refractivity contribution in [2.45, 2.75) is 27.7 Å². The Kier molecular flexibility index (Phi) is 4.65. The van der Waals surface area contributed by atoms with Gasteiger partial charge in [0.25, 0.3) is 5.91 Å². The summed E-state index contributed by atoms with van der Waals surface area (Å²) in [7, 11) is -3.79. The number of carbonyl (C=O) groups is 1. The van der Waals surface area contributed by atoms with Crippen LogP contribution >= 0.6 is 11.6 Å². The first-order valence-electron chi connectivity index (χ1n) is 7.41. The van der Waals surface area contributed by atoms with Gasteiger partial charge in [-0.3, -0.25) is 4.79 Å². The Hall–Kier alpha value is -1.34. The maximum Gasteiger partial charge on any atom is 0.267 e. The van der Waals surface area contributed by atoms with E-state index in [1.807, 2.05) is 0 Å². The van der Waals surface area contributed by atoms with Gasteiger partial charge in [-0.2, -0.15) is 0 Å². The van der Waals surface area contributed by atoms with Crippen molar-refractivity contribution in [2.24, 2.45) is 16.7 Å². The van der Waals surface area contributed by atoms with Gasteiger partial charge < -0.3 is 4.74 Å². The predicted octanol–water partition coefficient (Wildman–Crippen LogP) is 3.23. The molecule has 1 aromatic rings. The van der Waals surface area contributed by atoms with Crippen LogP contribution in [-0.4, -0.2) is 27.2 Å². The molecular weight excluding hydrogens is 357 g/mol. The lowest BCUT2D eigenvalue weighted by Gasteiger charge is -2.11. The lowest BCUT2D eigenvalue weighted by Crippen LogP contribution is -2.30. The van der Waals surface area contributed by atoms with E-state index in [-0.39, 0.29) is 21.6 Å². The van der Waals surface area contributed by atoms with E-state index in [9.17, 15) is 17.6 Å². The normalized spacial score (nSPS) is 19.0. The number of hydrogen-bond donors (Lipinski definition) is 1. The second-order valence-corrected chi connectivity index (χ2v) is 9.43. The van der Waals surface area contributed by atoms with Crippen LogP contribution in [0.15, 0.2) is 12.1 Å². The summed E-state index contributed by atoms with van der Waals surface area (Å²) in [6.45, 7) is 8.95. The average molecular weight is 378 g/mol. The van der Waals surface area contributed by atoms with Crippen molar-refractivity contribution in [1.82, 2.24) is 4.72 Å². The van der Waals surface area contributed by atoms with Crippen LogP contribution in [0.1, 0.15) is 38.1 Å². The van der Waals surface area contributed by atoms with E-state index in [0.29, 0.717) is 12.5 Å². The largest absolute Gasteiger partial charge is 0.492 e. The quantitative estimate of drug-likeness (QED) is 0.855. The van der Waals surface area contributed by atoms with Gasteiger partial charge in [-0.1, -0.05) is 39.3 Å². The Morgan fingerprint density at radius 1 is 1.29 bits per heavy atom. The van der Waals surface area contributed by atoms with Crippen molar-refractivity contribution < 1.29 is 22.3 Å². The molecule has 0 spiro atoms. The fraction of sp³-hybridized carbons (Fsp3) is 0.562. The number of ether oxygens (including phenoxy) is 1. The smallest absolute Gasteiger partial charge is 0.267 e. The SMILES string of the molecule is CC1(C)C(COc2cc(F)c(C(=O)NS(C)(=O)=O)cc2Cl)C1(C)C. The van der Waals surface area contributed by atoms with E-state index in [1.165, 1.54) is 0 Å².